The second-order valence-electron chi connectivity index (χ2n) is 6.46. The number of nitrogens with one attached hydrogen (secondary N) is 1. The van der Waals surface area contributed by atoms with Gasteiger partial charge in [-0.05, 0) is 6.07 Å². The minimum absolute atomic E-state index is 0. The zero-order chi connectivity index (χ0) is 19.8. The number of ether oxygens (including phenoxy) is 3. The van der Waals surface area contributed by atoms with Crippen LogP contribution in [-0.4, -0.2) is 72.7 Å². The first-order valence-corrected chi connectivity index (χ1v) is 9.32. The number of hydrogen-bond acceptors (Lipinski definition) is 6. The SMILES string of the molecule is CN=C(NCc1cccnc1OCCOC)N1CCOC(c2cnn(C)c2)C1.I. The standard InChI is InChI=1S/C19H28N6O3.HI/c1-20-19(22-11-15-5-4-6-21-18(15)28-10-9-26-3)25-7-8-27-17(14-25)16-12-23-24(2)13-16;/h4-6,12-13,17H,7-11,14H2,1-3H3,(H,20,22);1H. The molecule has 2 aromatic heterocycles. The van der Waals surface area contributed by atoms with Crippen LogP contribution in [0.1, 0.15) is 17.2 Å². The maximum absolute atomic E-state index is 5.92. The monoisotopic (exact) mass is 516 g/mol. The van der Waals surface area contributed by atoms with E-state index in [0.29, 0.717) is 32.2 Å². The molecule has 1 N–H and O–H groups in total. The summed E-state index contributed by atoms with van der Waals surface area (Å²) in [6.07, 6.45) is 5.54. The Hall–Kier alpha value is -1.92. The molecule has 0 saturated carbocycles. The molecule has 10 heteroatoms. The summed E-state index contributed by atoms with van der Waals surface area (Å²) < 4.78 is 18.5. The van der Waals surface area contributed by atoms with Gasteiger partial charge < -0.3 is 24.4 Å². The molecule has 0 aliphatic carbocycles. The van der Waals surface area contributed by atoms with Crippen molar-refractivity contribution in [1.82, 2.24) is 25.0 Å². The molecule has 0 aromatic carbocycles. The third-order valence-electron chi connectivity index (χ3n) is 4.49. The number of methoxy groups -OCH3 is 1. The lowest BCUT2D eigenvalue weighted by atomic mass is 10.1. The van der Waals surface area contributed by atoms with E-state index in [0.717, 1.165) is 30.2 Å². The van der Waals surface area contributed by atoms with Crippen molar-refractivity contribution in [2.75, 3.05) is 47.1 Å². The Labute approximate surface area is 188 Å². The first-order chi connectivity index (χ1) is 13.7. The highest BCUT2D eigenvalue weighted by atomic mass is 127. The van der Waals surface area contributed by atoms with Crippen LogP contribution in [0.4, 0.5) is 0 Å². The fourth-order valence-electron chi connectivity index (χ4n) is 3.07. The van der Waals surface area contributed by atoms with Gasteiger partial charge in [-0.3, -0.25) is 9.67 Å². The summed E-state index contributed by atoms with van der Waals surface area (Å²) in [5.74, 6) is 1.43. The molecule has 3 rings (SSSR count). The molecule has 9 nitrogen and oxygen atoms in total. The van der Waals surface area contributed by atoms with E-state index in [1.807, 2.05) is 31.6 Å². The van der Waals surface area contributed by atoms with Crippen molar-refractivity contribution in [2.45, 2.75) is 12.6 Å². The van der Waals surface area contributed by atoms with Crippen molar-refractivity contribution in [3.8, 4) is 5.88 Å². The Bertz CT molecular complexity index is 785. The van der Waals surface area contributed by atoms with Gasteiger partial charge in [0.05, 0.1) is 26.0 Å². The molecule has 29 heavy (non-hydrogen) atoms. The van der Waals surface area contributed by atoms with Crippen molar-refractivity contribution in [3.05, 3.63) is 41.9 Å². The fraction of sp³-hybridized carbons (Fsp3) is 0.526. The smallest absolute Gasteiger partial charge is 0.218 e. The number of nitrogens with zero attached hydrogens (tertiary/aromatic N) is 5. The third-order valence-corrected chi connectivity index (χ3v) is 4.49. The highest BCUT2D eigenvalue weighted by molar-refractivity contribution is 14.0. The first kappa shape index (κ1) is 23.4. The lowest BCUT2D eigenvalue weighted by Gasteiger charge is -2.34. The fourth-order valence-corrected chi connectivity index (χ4v) is 3.07. The number of morpholine rings is 1. The van der Waals surface area contributed by atoms with Crippen molar-refractivity contribution in [1.29, 1.82) is 0 Å². The topological polar surface area (TPSA) is 86.0 Å². The molecule has 1 unspecified atom stereocenters. The van der Waals surface area contributed by atoms with Crippen molar-refractivity contribution in [2.24, 2.45) is 12.0 Å². The predicted octanol–water partition coefficient (Wildman–Crippen LogP) is 1.61. The third kappa shape index (κ3) is 6.54. The van der Waals surface area contributed by atoms with Crippen LogP contribution in [0.5, 0.6) is 5.88 Å². The zero-order valence-electron chi connectivity index (χ0n) is 17.1. The second-order valence-corrected chi connectivity index (χ2v) is 6.46. The number of halogens is 1. The van der Waals surface area contributed by atoms with Gasteiger partial charge in [0.25, 0.3) is 0 Å². The Morgan fingerprint density at radius 3 is 3.00 bits per heavy atom. The number of pyridine rings is 1. The van der Waals surface area contributed by atoms with Gasteiger partial charge in [0.2, 0.25) is 5.88 Å². The first-order valence-electron chi connectivity index (χ1n) is 9.32. The van der Waals surface area contributed by atoms with Crippen LogP contribution in [0.15, 0.2) is 35.7 Å². The molecule has 0 spiro atoms. The van der Waals surface area contributed by atoms with Gasteiger partial charge in [0, 0.05) is 57.8 Å². The van der Waals surface area contributed by atoms with Gasteiger partial charge in [-0.2, -0.15) is 5.10 Å². The molecule has 1 aliphatic heterocycles. The number of rotatable bonds is 7. The summed E-state index contributed by atoms with van der Waals surface area (Å²) in [6, 6.07) is 3.89. The van der Waals surface area contributed by atoms with Crippen LogP contribution in [0.25, 0.3) is 0 Å². The lowest BCUT2D eigenvalue weighted by Crippen LogP contribution is -2.47. The Kier molecular flexibility index (Phi) is 9.61. The van der Waals surface area contributed by atoms with E-state index in [9.17, 15) is 0 Å². The largest absolute Gasteiger partial charge is 0.475 e. The summed E-state index contributed by atoms with van der Waals surface area (Å²) >= 11 is 0. The number of aromatic nitrogens is 3. The quantitative estimate of drug-likeness (QED) is 0.259. The highest BCUT2D eigenvalue weighted by Crippen LogP contribution is 2.22. The van der Waals surface area contributed by atoms with Gasteiger partial charge in [0.15, 0.2) is 5.96 Å². The molecule has 1 atom stereocenters. The second kappa shape index (κ2) is 11.9. The van der Waals surface area contributed by atoms with Gasteiger partial charge >= 0.3 is 0 Å². The average molecular weight is 516 g/mol. The molecule has 160 valence electrons. The molecular formula is C19H29IN6O3. The minimum Gasteiger partial charge on any atom is -0.475 e. The van der Waals surface area contributed by atoms with Crippen LogP contribution in [0, 0.1) is 0 Å². The summed E-state index contributed by atoms with van der Waals surface area (Å²) in [6.45, 7) is 3.69. The van der Waals surface area contributed by atoms with Gasteiger partial charge in [-0.15, -0.1) is 24.0 Å². The summed E-state index contributed by atoms with van der Waals surface area (Å²) in [7, 11) is 5.34. The van der Waals surface area contributed by atoms with E-state index in [1.165, 1.54) is 0 Å². The number of hydrogen-bond donors (Lipinski definition) is 1. The molecule has 1 saturated heterocycles. The van der Waals surface area contributed by atoms with E-state index in [-0.39, 0.29) is 30.1 Å². The molecule has 1 fully saturated rings. The molecule has 0 radical (unpaired) electrons. The lowest BCUT2D eigenvalue weighted by molar-refractivity contribution is -0.00805. The number of aryl methyl sites for hydroxylation is 1. The van der Waals surface area contributed by atoms with Gasteiger partial charge in [-0.25, -0.2) is 4.98 Å². The van der Waals surface area contributed by atoms with E-state index in [2.05, 4.69) is 25.3 Å². The predicted molar refractivity (Wildman–Crippen MR) is 121 cm³/mol. The summed E-state index contributed by atoms with van der Waals surface area (Å²) in [4.78, 5) is 11.0. The average Bonchev–Trinajstić information content (AvgIpc) is 3.16. The van der Waals surface area contributed by atoms with E-state index < -0.39 is 0 Å². The molecule has 2 aromatic rings. The van der Waals surface area contributed by atoms with Crippen molar-refractivity contribution >= 4 is 29.9 Å². The Balaban J connectivity index is 0.00000300. The molecule has 0 amide bonds. The molecule has 1 aliphatic rings. The normalized spacial score (nSPS) is 17.0. The van der Waals surface area contributed by atoms with Gasteiger partial charge in [0.1, 0.15) is 12.7 Å². The van der Waals surface area contributed by atoms with Crippen molar-refractivity contribution in [3.63, 3.8) is 0 Å². The summed E-state index contributed by atoms with van der Waals surface area (Å²) in [5.41, 5.74) is 2.04. The van der Waals surface area contributed by atoms with E-state index in [4.69, 9.17) is 14.2 Å². The van der Waals surface area contributed by atoms with Crippen LogP contribution in [0.3, 0.4) is 0 Å². The summed E-state index contributed by atoms with van der Waals surface area (Å²) in [5, 5.41) is 7.65. The van der Waals surface area contributed by atoms with Crippen LogP contribution < -0.4 is 10.1 Å². The number of aliphatic imine (C=N–C) groups is 1. The molecule has 3 heterocycles. The van der Waals surface area contributed by atoms with Crippen LogP contribution >= 0.6 is 24.0 Å². The van der Waals surface area contributed by atoms with Crippen molar-refractivity contribution < 1.29 is 14.2 Å². The number of guanidine groups is 1. The Morgan fingerprint density at radius 1 is 1.41 bits per heavy atom. The maximum Gasteiger partial charge on any atom is 0.218 e. The maximum atomic E-state index is 5.92. The van der Waals surface area contributed by atoms with Gasteiger partial charge in [-0.1, -0.05) is 6.07 Å². The minimum atomic E-state index is -0.0210. The van der Waals surface area contributed by atoms with E-state index >= 15 is 0 Å². The van der Waals surface area contributed by atoms with E-state index in [1.54, 1.807) is 25.0 Å². The Morgan fingerprint density at radius 2 is 2.28 bits per heavy atom. The highest BCUT2D eigenvalue weighted by Gasteiger charge is 2.25. The van der Waals surface area contributed by atoms with Crippen LogP contribution in [-0.2, 0) is 23.1 Å². The van der Waals surface area contributed by atoms with Crippen LogP contribution in [0.2, 0.25) is 0 Å². The zero-order valence-corrected chi connectivity index (χ0v) is 19.4. The molecular weight excluding hydrogens is 487 g/mol. The molecule has 0 bridgehead atoms.